The van der Waals surface area contributed by atoms with Gasteiger partial charge < -0.3 is 10.3 Å². The van der Waals surface area contributed by atoms with Gasteiger partial charge in [0, 0.05) is 24.5 Å². The first-order valence-corrected chi connectivity index (χ1v) is 7.22. The van der Waals surface area contributed by atoms with Crippen molar-refractivity contribution < 1.29 is 0 Å². The number of hydrogen-bond donors (Lipinski definition) is 2. The second kappa shape index (κ2) is 4.09. The van der Waals surface area contributed by atoms with Gasteiger partial charge in [-0.05, 0) is 42.9 Å². The van der Waals surface area contributed by atoms with Gasteiger partial charge in [0.25, 0.3) is 0 Å². The summed E-state index contributed by atoms with van der Waals surface area (Å²) in [5.74, 6) is 3.65. The minimum Gasteiger partial charge on any atom is -0.345 e. The Kier molecular flexibility index (Phi) is 2.77. The van der Waals surface area contributed by atoms with E-state index in [9.17, 15) is 0 Å². The molecule has 0 aliphatic heterocycles. The van der Waals surface area contributed by atoms with Gasteiger partial charge in [0.1, 0.15) is 5.82 Å². The van der Waals surface area contributed by atoms with Crippen molar-refractivity contribution in [3.63, 3.8) is 0 Å². The Labute approximate surface area is 110 Å². The van der Waals surface area contributed by atoms with Gasteiger partial charge in [-0.1, -0.05) is 20.8 Å². The van der Waals surface area contributed by atoms with Crippen LogP contribution in [-0.2, 0) is 6.54 Å². The monoisotopic (exact) mass is 247 g/mol. The van der Waals surface area contributed by atoms with Gasteiger partial charge in [-0.2, -0.15) is 0 Å². The van der Waals surface area contributed by atoms with E-state index in [0.717, 1.165) is 30.1 Å². The van der Waals surface area contributed by atoms with Crippen LogP contribution in [0.5, 0.6) is 0 Å². The van der Waals surface area contributed by atoms with Crippen LogP contribution in [0.4, 0.5) is 0 Å². The summed E-state index contributed by atoms with van der Waals surface area (Å²) in [6.07, 6.45) is 4.74. The zero-order valence-corrected chi connectivity index (χ0v) is 12.0. The zero-order valence-electron chi connectivity index (χ0n) is 12.0. The van der Waals surface area contributed by atoms with Crippen LogP contribution in [0.25, 0.3) is 0 Å². The van der Waals surface area contributed by atoms with Crippen molar-refractivity contribution in [1.29, 1.82) is 0 Å². The number of rotatable bonds is 3. The summed E-state index contributed by atoms with van der Waals surface area (Å²) >= 11 is 0. The van der Waals surface area contributed by atoms with Crippen molar-refractivity contribution in [1.82, 2.24) is 15.3 Å². The predicted molar refractivity (Wildman–Crippen MR) is 73.1 cm³/mol. The summed E-state index contributed by atoms with van der Waals surface area (Å²) in [5.41, 5.74) is 1.79. The average molecular weight is 247 g/mol. The molecule has 0 saturated heterocycles. The van der Waals surface area contributed by atoms with Crippen molar-refractivity contribution in [2.45, 2.75) is 53.1 Å². The highest BCUT2D eigenvalue weighted by Gasteiger charge is 2.55. The molecule has 0 radical (unpaired) electrons. The number of fused-ring (bicyclic) bond motifs is 2. The van der Waals surface area contributed by atoms with E-state index in [2.05, 4.69) is 36.1 Å². The van der Waals surface area contributed by atoms with Gasteiger partial charge in [-0.25, -0.2) is 4.98 Å². The molecular weight excluding hydrogens is 222 g/mol. The number of H-pyrrole nitrogens is 1. The standard InChI is InChI=1S/C15H25N3/c1-9-13-5-11(15(13,3)4)6-14(9)17-8-12-7-16-10(2)18-12/h7,9,11,13-14,17H,5-6,8H2,1-4H3,(H,16,18)/t9-,11+,13-,14-/m1/s1. The van der Waals surface area contributed by atoms with E-state index in [1.807, 2.05) is 13.1 Å². The molecule has 18 heavy (non-hydrogen) atoms. The first-order chi connectivity index (χ1) is 8.48. The molecule has 0 spiro atoms. The van der Waals surface area contributed by atoms with E-state index in [4.69, 9.17) is 0 Å². The number of nitrogens with zero attached hydrogens (tertiary/aromatic N) is 1. The molecule has 4 atom stereocenters. The summed E-state index contributed by atoms with van der Waals surface area (Å²) < 4.78 is 0. The van der Waals surface area contributed by atoms with Crippen LogP contribution in [0, 0.1) is 30.1 Å². The number of aryl methyl sites for hydroxylation is 1. The second-order valence-corrected chi connectivity index (χ2v) is 6.94. The Morgan fingerprint density at radius 3 is 2.78 bits per heavy atom. The third-order valence-electron chi connectivity index (χ3n) is 5.66. The van der Waals surface area contributed by atoms with Crippen molar-refractivity contribution >= 4 is 0 Å². The smallest absolute Gasteiger partial charge is 0.103 e. The third-order valence-corrected chi connectivity index (χ3v) is 5.66. The van der Waals surface area contributed by atoms with Crippen molar-refractivity contribution in [2.24, 2.45) is 23.2 Å². The molecule has 1 aromatic rings. The lowest BCUT2D eigenvalue weighted by Crippen LogP contribution is -2.59. The molecule has 3 fully saturated rings. The lowest BCUT2D eigenvalue weighted by molar-refractivity contribution is -0.115. The number of nitrogens with one attached hydrogen (secondary N) is 2. The highest BCUT2D eigenvalue weighted by atomic mass is 15.0. The molecule has 2 bridgehead atoms. The number of aromatic amines is 1. The molecule has 3 nitrogen and oxygen atoms in total. The van der Waals surface area contributed by atoms with E-state index in [-0.39, 0.29) is 0 Å². The van der Waals surface area contributed by atoms with Crippen molar-refractivity contribution in [3.8, 4) is 0 Å². The zero-order chi connectivity index (χ0) is 12.9. The van der Waals surface area contributed by atoms with Gasteiger partial charge in [0.05, 0.1) is 0 Å². The average Bonchev–Trinajstić information content (AvgIpc) is 2.73. The van der Waals surface area contributed by atoms with Crippen LogP contribution in [0.1, 0.15) is 45.1 Å². The Balaban J connectivity index is 1.59. The van der Waals surface area contributed by atoms with E-state index >= 15 is 0 Å². The van der Waals surface area contributed by atoms with Crippen LogP contribution >= 0.6 is 0 Å². The topological polar surface area (TPSA) is 40.7 Å². The summed E-state index contributed by atoms with van der Waals surface area (Å²) in [5, 5.41) is 3.73. The molecule has 0 unspecified atom stereocenters. The fraction of sp³-hybridized carbons (Fsp3) is 0.800. The quantitative estimate of drug-likeness (QED) is 0.862. The van der Waals surface area contributed by atoms with Gasteiger partial charge in [-0.15, -0.1) is 0 Å². The van der Waals surface area contributed by atoms with E-state index in [1.54, 1.807) is 0 Å². The lowest BCUT2D eigenvalue weighted by atomic mass is 9.45. The fourth-order valence-corrected chi connectivity index (χ4v) is 4.22. The highest BCUT2D eigenvalue weighted by Crippen LogP contribution is 2.61. The molecule has 1 heterocycles. The molecule has 1 aromatic heterocycles. The normalized spacial score (nSPS) is 37.3. The van der Waals surface area contributed by atoms with Crippen molar-refractivity contribution in [3.05, 3.63) is 17.7 Å². The van der Waals surface area contributed by atoms with Gasteiger partial charge in [-0.3, -0.25) is 0 Å². The Morgan fingerprint density at radius 2 is 2.22 bits per heavy atom. The van der Waals surface area contributed by atoms with E-state index < -0.39 is 0 Å². The number of aromatic nitrogens is 2. The van der Waals surface area contributed by atoms with Crippen LogP contribution in [0.3, 0.4) is 0 Å². The van der Waals surface area contributed by atoms with Crippen LogP contribution in [0.15, 0.2) is 6.20 Å². The Bertz CT molecular complexity index is 435. The molecule has 3 aliphatic carbocycles. The molecule has 4 rings (SSSR count). The van der Waals surface area contributed by atoms with Gasteiger partial charge >= 0.3 is 0 Å². The third kappa shape index (κ3) is 1.80. The van der Waals surface area contributed by atoms with Gasteiger partial charge in [0.15, 0.2) is 0 Å². The minimum absolute atomic E-state index is 0.585. The fourth-order valence-electron chi connectivity index (χ4n) is 4.22. The minimum atomic E-state index is 0.585. The molecular formula is C15H25N3. The molecule has 3 saturated carbocycles. The number of imidazole rings is 1. The maximum atomic E-state index is 4.25. The largest absolute Gasteiger partial charge is 0.345 e. The molecule has 3 heteroatoms. The van der Waals surface area contributed by atoms with E-state index in [1.165, 1.54) is 18.5 Å². The maximum absolute atomic E-state index is 4.25. The van der Waals surface area contributed by atoms with Crippen LogP contribution in [0.2, 0.25) is 0 Å². The Morgan fingerprint density at radius 1 is 1.44 bits per heavy atom. The first-order valence-electron chi connectivity index (χ1n) is 7.22. The van der Waals surface area contributed by atoms with Crippen molar-refractivity contribution in [2.75, 3.05) is 0 Å². The SMILES string of the molecule is Cc1ncc(CN[C@@H]2C[C@@H]3C[C@H]([C@H]2C)C3(C)C)[nH]1. The molecule has 100 valence electrons. The summed E-state index contributed by atoms with van der Waals surface area (Å²) in [7, 11) is 0. The maximum Gasteiger partial charge on any atom is 0.103 e. The van der Waals surface area contributed by atoms with E-state index in [0.29, 0.717) is 11.5 Å². The summed E-state index contributed by atoms with van der Waals surface area (Å²) in [4.78, 5) is 7.55. The summed E-state index contributed by atoms with van der Waals surface area (Å²) in [6.45, 7) is 10.3. The molecule has 0 aromatic carbocycles. The number of hydrogen-bond acceptors (Lipinski definition) is 2. The lowest BCUT2D eigenvalue weighted by Gasteiger charge is -2.62. The first kappa shape index (κ1) is 12.2. The highest BCUT2D eigenvalue weighted by molar-refractivity contribution is 5.08. The molecule has 2 N–H and O–H groups in total. The predicted octanol–water partition coefficient (Wildman–Crippen LogP) is 2.88. The van der Waals surface area contributed by atoms with Crippen LogP contribution in [-0.4, -0.2) is 16.0 Å². The Hall–Kier alpha value is -0.830. The second-order valence-electron chi connectivity index (χ2n) is 6.94. The van der Waals surface area contributed by atoms with Gasteiger partial charge in [0.2, 0.25) is 0 Å². The molecule has 3 aliphatic rings. The van der Waals surface area contributed by atoms with Crippen LogP contribution < -0.4 is 5.32 Å². The molecule has 0 amide bonds. The summed E-state index contributed by atoms with van der Waals surface area (Å²) in [6, 6.07) is 0.686.